The van der Waals surface area contributed by atoms with Crippen molar-refractivity contribution in [2.45, 2.75) is 31.7 Å². The maximum absolute atomic E-state index is 13.5. The largest absolute Gasteiger partial charge is 0.338 e. The molecule has 0 bridgehead atoms. The van der Waals surface area contributed by atoms with Crippen molar-refractivity contribution in [3.63, 3.8) is 0 Å². The average Bonchev–Trinajstić information content (AvgIpc) is 2.41. The number of nitrogens with two attached hydrogens (primary N) is 1. The van der Waals surface area contributed by atoms with Crippen LogP contribution in [0.3, 0.4) is 0 Å². The zero-order chi connectivity index (χ0) is 13.0. The normalized spacial score (nSPS) is 19.9. The highest BCUT2D eigenvalue weighted by molar-refractivity contribution is 5.79. The van der Waals surface area contributed by atoms with E-state index in [-0.39, 0.29) is 24.2 Å². The molecule has 0 aliphatic carbocycles. The quantitative estimate of drug-likeness (QED) is 0.887. The van der Waals surface area contributed by atoms with E-state index in [4.69, 9.17) is 5.73 Å². The Bertz CT molecular complexity index is 422. The van der Waals surface area contributed by atoms with E-state index in [1.807, 2.05) is 4.90 Å². The molecule has 1 aromatic carbocycles. The van der Waals surface area contributed by atoms with Crippen LogP contribution in [-0.2, 0) is 11.2 Å². The Balaban J connectivity index is 2.05. The van der Waals surface area contributed by atoms with Crippen molar-refractivity contribution in [3.8, 4) is 0 Å². The lowest BCUT2D eigenvalue weighted by atomic mass is 10.0. The molecule has 2 rings (SSSR count). The van der Waals surface area contributed by atoms with Gasteiger partial charge in [0.05, 0.1) is 6.42 Å². The Labute approximate surface area is 107 Å². The molecule has 0 radical (unpaired) electrons. The van der Waals surface area contributed by atoms with Crippen LogP contribution in [0.5, 0.6) is 0 Å². The van der Waals surface area contributed by atoms with Gasteiger partial charge in [-0.3, -0.25) is 4.79 Å². The summed E-state index contributed by atoms with van der Waals surface area (Å²) >= 11 is 0. The number of likely N-dealkylation sites (tertiary alicyclic amines) is 1. The highest BCUT2D eigenvalue weighted by Gasteiger charge is 2.25. The van der Waals surface area contributed by atoms with E-state index < -0.39 is 0 Å². The summed E-state index contributed by atoms with van der Waals surface area (Å²) in [4.78, 5) is 14.0. The molecule has 1 aliphatic heterocycles. The Kier molecular flexibility index (Phi) is 4.31. The first kappa shape index (κ1) is 13.0. The maximum Gasteiger partial charge on any atom is 0.227 e. The van der Waals surface area contributed by atoms with Crippen LogP contribution < -0.4 is 5.73 Å². The molecule has 0 saturated carbocycles. The summed E-state index contributed by atoms with van der Waals surface area (Å²) in [5.41, 5.74) is 6.15. The highest BCUT2D eigenvalue weighted by Crippen LogP contribution is 2.18. The van der Waals surface area contributed by atoms with E-state index in [9.17, 15) is 9.18 Å². The summed E-state index contributed by atoms with van der Waals surface area (Å²) in [6.45, 7) is 1.23. The molecule has 1 aromatic rings. The second-order valence-electron chi connectivity index (χ2n) is 4.74. The number of halogens is 1. The molecule has 0 aromatic heterocycles. The number of hydrogen-bond donors (Lipinski definition) is 1. The van der Waals surface area contributed by atoms with Gasteiger partial charge in [-0.15, -0.1) is 0 Å². The van der Waals surface area contributed by atoms with Gasteiger partial charge in [-0.25, -0.2) is 4.39 Å². The fraction of sp³-hybridized carbons (Fsp3) is 0.500. The van der Waals surface area contributed by atoms with Crippen molar-refractivity contribution in [1.29, 1.82) is 0 Å². The number of piperidine rings is 1. The summed E-state index contributed by atoms with van der Waals surface area (Å²) in [6, 6.07) is 6.56. The van der Waals surface area contributed by atoms with Crippen LogP contribution in [0.4, 0.5) is 4.39 Å². The van der Waals surface area contributed by atoms with Crippen molar-refractivity contribution in [2.24, 2.45) is 5.73 Å². The number of amides is 1. The zero-order valence-electron chi connectivity index (χ0n) is 10.4. The SMILES string of the molecule is NCC1CCCCN1C(=O)Cc1ccccc1F. The monoisotopic (exact) mass is 250 g/mol. The van der Waals surface area contributed by atoms with E-state index in [2.05, 4.69) is 0 Å². The van der Waals surface area contributed by atoms with Crippen molar-refractivity contribution in [2.75, 3.05) is 13.1 Å². The Morgan fingerprint density at radius 3 is 2.89 bits per heavy atom. The van der Waals surface area contributed by atoms with Crippen LogP contribution in [0, 0.1) is 5.82 Å². The molecule has 3 nitrogen and oxygen atoms in total. The number of benzene rings is 1. The van der Waals surface area contributed by atoms with E-state index in [1.54, 1.807) is 18.2 Å². The van der Waals surface area contributed by atoms with Crippen molar-refractivity contribution in [3.05, 3.63) is 35.6 Å². The van der Waals surface area contributed by atoms with Crippen molar-refractivity contribution in [1.82, 2.24) is 4.90 Å². The van der Waals surface area contributed by atoms with E-state index in [0.29, 0.717) is 12.1 Å². The van der Waals surface area contributed by atoms with Crippen LogP contribution in [0.2, 0.25) is 0 Å². The lowest BCUT2D eigenvalue weighted by molar-refractivity contribution is -0.133. The molecule has 1 unspecified atom stereocenters. The van der Waals surface area contributed by atoms with Crippen LogP contribution in [0.25, 0.3) is 0 Å². The lowest BCUT2D eigenvalue weighted by Gasteiger charge is -2.35. The molecule has 1 atom stereocenters. The highest BCUT2D eigenvalue weighted by atomic mass is 19.1. The van der Waals surface area contributed by atoms with Gasteiger partial charge in [-0.05, 0) is 30.9 Å². The molecule has 2 N–H and O–H groups in total. The molecular weight excluding hydrogens is 231 g/mol. The molecule has 0 spiro atoms. The van der Waals surface area contributed by atoms with E-state index in [0.717, 1.165) is 25.8 Å². The predicted molar refractivity (Wildman–Crippen MR) is 68.5 cm³/mol. The minimum atomic E-state index is -0.313. The van der Waals surface area contributed by atoms with Crippen LogP contribution >= 0.6 is 0 Å². The average molecular weight is 250 g/mol. The summed E-state index contributed by atoms with van der Waals surface area (Å²) in [7, 11) is 0. The zero-order valence-corrected chi connectivity index (χ0v) is 10.4. The van der Waals surface area contributed by atoms with E-state index >= 15 is 0 Å². The van der Waals surface area contributed by atoms with Gasteiger partial charge >= 0.3 is 0 Å². The number of hydrogen-bond acceptors (Lipinski definition) is 2. The smallest absolute Gasteiger partial charge is 0.227 e. The molecule has 98 valence electrons. The fourth-order valence-corrected chi connectivity index (χ4v) is 2.48. The van der Waals surface area contributed by atoms with Crippen LogP contribution in [0.15, 0.2) is 24.3 Å². The van der Waals surface area contributed by atoms with Crippen LogP contribution in [-0.4, -0.2) is 29.9 Å². The number of carbonyl (C=O) groups excluding carboxylic acids is 1. The minimum absolute atomic E-state index is 0.0183. The first-order chi connectivity index (χ1) is 8.72. The van der Waals surface area contributed by atoms with Crippen LogP contribution in [0.1, 0.15) is 24.8 Å². The van der Waals surface area contributed by atoms with Crippen molar-refractivity contribution >= 4 is 5.91 Å². The second kappa shape index (κ2) is 5.96. The first-order valence-electron chi connectivity index (χ1n) is 6.45. The molecule has 4 heteroatoms. The molecule has 18 heavy (non-hydrogen) atoms. The lowest BCUT2D eigenvalue weighted by Crippen LogP contribution is -2.48. The predicted octanol–water partition coefficient (Wildman–Crippen LogP) is 1.71. The van der Waals surface area contributed by atoms with Gasteiger partial charge in [0, 0.05) is 19.1 Å². The summed E-state index contributed by atoms with van der Waals surface area (Å²) in [6.07, 6.45) is 3.22. The second-order valence-corrected chi connectivity index (χ2v) is 4.74. The number of carbonyl (C=O) groups is 1. The first-order valence-corrected chi connectivity index (χ1v) is 6.45. The third-order valence-electron chi connectivity index (χ3n) is 3.52. The summed E-state index contributed by atoms with van der Waals surface area (Å²) in [5, 5.41) is 0. The Morgan fingerprint density at radius 1 is 1.39 bits per heavy atom. The van der Waals surface area contributed by atoms with Gasteiger partial charge in [0.2, 0.25) is 5.91 Å². The molecule has 1 amide bonds. The van der Waals surface area contributed by atoms with E-state index in [1.165, 1.54) is 6.07 Å². The topological polar surface area (TPSA) is 46.3 Å². The van der Waals surface area contributed by atoms with Gasteiger partial charge < -0.3 is 10.6 Å². The van der Waals surface area contributed by atoms with Gasteiger partial charge in [0.25, 0.3) is 0 Å². The Hall–Kier alpha value is -1.42. The third kappa shape index (κ3) is 2.88. The fourth-order valence-electron chi connectivity index (χ4n) is 2.48. The number of rotatable bonds is 3. The Morgan fingerprint density at radius 2 is 2.17 bits per heavy atom. The van der Waals surface area contributed by atoms with Gasteiger partial charge in [0.15, 0.2) is 0 Å². The molecule has 1 fully saturated rings. The minimum Gasteiger partial charge on any atom is -0.338 e. The van der Waals surface area contributed by atoms with Gasteiger partial charge in [-0.2, -0.15) is 0 Å². The summed E-state index contributed by atoms with van der Waals surface area (Å²) in [5.74, 6) is -0.331. The number of nitrogens with zero attached hydrogens (tertiary/aromatic N) is 1. The molecule has 1 aliphatic rings. The molecular formula is C14H19FN2O. The maximum atomic E-state index is 13.5. The molecule has 1 saturated heterocycles. The molecule has 1 heterocycles. The van der Waals surface area contributed by atoms with Gasteiger partial charge in [-0.1, -0.05) is 18.2 Å². The third-order valence-corrected chi connectivity index (χ3v) is 3.52. The van der Waals surface area contributed by atoms with Gasteiger partial charge in [0.1, 0.15) is 5.82 Å². The standard InChI is InChI=1S/C14H19FN2O/c15-13-7-2-1-5-11(13)9-14(18)17-8-4-3-6-12(17)10-16/h1-2,5,7,12H,3-4,6,8-10,16H2. The van der Waals surface area contributed by atoms with Crippen molar-refractivity contribution < 1.29 is 9.18 Å². The summed E-state index contributed by atoms with van der Waals surface area (Å²) < 4.78 is 13.5.